The van der Waals surface area contributed by atoms with E-state index in [1.165, 1.54) is 0 Å². The highest BCUT2D eigenvalue weighted by Gasteiger charge is 2.24. The molecule has 0 aliphatic carbocycles. The van der Waals surface area contributed by atoms with Crippen LogP contribution in [-0.4, -0.2) is 30.6 Å². The number of ether oxygens (including phenoxy) is 1. The van der Waals surface area contributed by atoms with Crippen molar-refractivity contribution in [3.05, 3.63) is 34.3 Å². The van der Waals surface area contributed by atoms with Crippen LogP contribution in [0.3, 0.4) is 0 Å². The first-order valence-electron chi connectivity index (χ1n) is 6.28. The molecule has 1 atom stereocenters. The third-order valence-corrected chi connectivity index (χ3v) is 3.69. The summed E-state index contributed by atoms with van der Waals surface area (Å²) in [6, 6.07) is 8.03. The Labute approximate surface area is 116 Å². The standard InChI is InChI=1S/C14H18BrNO2/c1-16(10-11-5-7-12(15)8-6-11)14(17)13-4-2-3-9-18-13/h5-8,13H,2-4,9-10H2,1H3. The summed E-state index contributed by atoms with van der Waals surface area (Å²) < 4.78 is 6.57. The van der Waals surface area contributed by atoms with E-state index in [0.29, 0.717) is 13.2 Å². The number of amides is 1. The second-order valence-corrected chi connectivity index (χ2v) is 5.59. The van der Waals surface area contributed by atoms with Gasteiger partial charge in [0, 0.05) is 24.7 Å². The highest BCUT2D eigenvalue weighted by molar-refractivity contribution is 9.10. The Bertz CT molecular complexity index is 399. The number of carbonyl (C=O) groups is 1. The summed E-state index contributed by atoms with van der Waals surface area (Å²) in [6.45, 7) is 1.34. The molecule has 0 aromatic heterocycles. The molecular weight excluding hydrogens is 294 g/mol. The maximum absolute atomic E-state index is 12.2. The fourth-order valence-corrected chi connectivity index (χ4v) is 2.39. The van der Waals surface area contributed by atoms with Gasteiger partial charge in [0.25, 0.3) is 5.91 Å². The summed E-state index contributed by atoms with van der Waals surface area (Å²) in [6.07, 6.45) is 2.77. The molecule has 4 heteroatoms. The van der Waals surface area contributed by atoms with Gasteiger partial charge < -0.3 is 9.64 Å². The fraction of sp³-hybridized carbons (Fsp3) is 0.500. The molecule has 1 aromatic carbocycles. The van der Waals surface area contributed by atoms with Crippen LogP contribution < -0.4 is 0 Å². The fourth-order valence-electron chi connectivity index (χ4n) is 2.12. The van der Waals surface area contributed by atoms with Crippen molar-refractivity contribution in [3.63, 3.8) is 0 Å². The van der Waals surface area contributed by atoms with Gasteiger partial charge in [-0.3, -0.25) is 4.79 Å². The Kier molecular flexibility index (Phi) is 4.78. The van der Waals surface area contributed by atoms with Gasteiger partial charge in [-0.25, -0.2) is 0 Å². The van der Waals surface area contributed by atoms with Gasteiger partial charge in [0.2, 0.25) is 0 Å². The van der Waals surface area contributed by atoms with E-state index in [1.807, 2.05) is 31.3 Å². The van der Waals surface area contributed by atoms with Crippen LogP contribution in [0.25, 0.3) is 0 Å². The third kappa shape index (κ3) is 3.56. The van der Waals surface area contributed by atoms with Crippen molar-refractivity contribution in [2.24, 2.45) is 0 Å². The SMILES string of the molecule is CN(Cc1ccc(Br)cc1)C(=O)C1CCCCO1. The van der Waals surface area contributed by atoms with E-state index in [1.54, 1.807) is 4.90 Å². The topological polar surface area (TPSA) is 29.5 Å². The van der Waals surface area contributed by atoms with Gasteiger partial charge >= 0.3 is 0 Å². The smallest absolute Gasteiger partial charge is 0.251 e. The van der Waals surface area contributed by atoms with E-state index in [4.69, 9.17) is 4.74 Å². The van der Waals surface area contributed by atoms with Crippen LogP contribution in [0.5, 0.6) is 0 Å². The van der Waals surface area contributed by atoms with Crippen molar-refractivity contribution >= 4 is 21.8 Å². The zero-order chi connectivity index (χ0) is 13.0. The molecule has 1 amide bonds. The van der Waals surface area contributed by atoms with E-state index in [9.17, 15) is 4.79 Å². The zero-order valence-electron chi connectivity index (χ0n) is 10.6. The van der Waals surface area contributed by atoms with Gasteiger partial charge in [-0.1, -0.05) is 28.1 Å². The lowest BCUT2D eigenvalue weighted by atomic mass is 10.1. The van der Waals surface area contributed by atoms with Crippen molar-refractivity contribution in [3.8, 4) is 0 Å². The summed E-state index contributed by atoms with van der Waals surface area (Å²) >= 11 is 3.40. The Balaban J connectivity index is 1.92. The van der Waals surface area contributed by atoms with Crippen LogP contribution in [0.1, 0.15) is 24.8 Å². The molecule has 98 valence electrons. The number of benzene rings is 1. The van der Waals surface area contributed by atoms with Crippen molar-refractivity contribution in [1.29, 1.82) is 0 Å². The van der Waals surface area contributed by atoms with Crippen molar-refractivity contribution in [1.82, 2.24) is 4.90 Å². The molecule has 0 N–H and O–H groups in total. The van der Waals surface area contributed by atoms with Gasteiger partial charge in [0.15, 0.2) is 0 Å². The number of likely N-dealkylation sites (N-methyl/N-ethyl adjacent to an activating group) is 1. The summed E-state index contributed by atoms with van der Waals surface area (Å²) in [5.41, 5.74) is 1.13. The van der Waals surface area contributed by atoms with Crippen LogP contribution in [0.15, 0.2) is 28.7 Å². The van der Waals surface area contributed by atoms with E-state index >= 15 is 0 Å². The molecule has 0 bridgehead atoms. The van der Waals surface area contributed by atoms with Gasteiger partial charge in [-0.15, -0.1) is 0 Å². The third-order valence-electron chi connectivity index (χ3n) is 3.16. The molecule has 0 spiro atoms. The van der Waals surface area contributed by atoms with E-state index in [-0.39, 0.29) is 12.0 Å². The van der Waals surface area contributed by atoms with E-state index in [0.717, 1.165) is 29.3 Å². The first-order valence-corrected chi connectivity index (χ1v) is 7.07. The summed E-state index contributed by atoms with van der Waals surface area (Å²) in [7, 11) is 1.84. The lowest BCUT2D eigenvalue weighted by Gasteiger charge is -2.26. The molecule has 0 saturated carbocycles. The van der Waals surface area contributed by atoms with Gasteiger partial charge in [-0.2, -0.15) is 0 Å². The number of rotatable bonds is 3. The second kappa shape index (κ2) is 6.34. The zero-order valence-corrected chi connectivity index (χ0v) is 12.1. The highest BCUT2D eigenvalue weighted by Crippen LogP contribution is 2.16. The maximum Gasteiger partial charge on any atom is 0.251 e. The number of nitrogens with zero attached hydrogens (tertiary/aromatic N) is 1. The predicted octanol–water partition coefficient (Wildman–Crippen LogP) is 2.98. The second-order valence-electron chi connectivity index (χ2n) is 4.68. The number of hydrogen-bond donors (Lipinski definition) is 0. The van der Waals surface area contributed by atoms with Crippen LogP contribution >= 0.6 is 15.9 Å². The number of halogens is 1. The summed E-state index contributed by atoms with van der Waals surface area (Å²) in [5, 5.41) is 0. The molecule has 1 aliphatic heterocycles. The Morgan fingerprint density at radius 1 is 1.39 bits per heavy atom. The molecule has 2 rings (SSSR count). The predicted molar refractivity (Wildman–Crippen MR) is 74.2 cm³/mol. The summed E-state index contributed by atoms with van der Waals surface area (Å²) in [4.78, 5) is 13.9. The minimum absolute atomic E-state index is 0.0950. The van der Waals surface area contributed by atoms with Crippen LogP contribution in [0.2, 0.25) is 0 Å². The van der Waals surface area contributed by atoms with Gasteiger partial charge in [0.1, 0.15) is 6.10 Å². The molecule has 1 aliphatic rings. The quantitative estimate of drug-likeness (QED) is 0.859. The molecular formula is C14H18BrNO2. The molecule has 1 unspecified atom stereocenters. The highest BCUT2D eigenvalue weighted by atomic mass is 79.9. The molecule has 1 aromatic rings. The van der Waals surface area contributed by atoms with Gasteiger partial charge in [0.05, 0.1) is 0 Å². The van der Waals surface area contributed by atoms with Crippen molar-refractivity contribution in [2.75, 3.05) is 13.7 Å². The van der Waals surface area contributed by atoms with Crippen molar-refractivity contribution in [2.45, 2.75) is 31.9 Å². The molecule has 1 fully saturated rings. The molecule has 0 radical (unpaired) electrons. The Hall–Kier alpha value is -0.870. The van der Waals surface area contributed by atoms with E-state index < -0.39 is 0 Å². The lowest BCUT2D eigenvalue weighted by molar-refractivity contribution is -0.145. The van der Waals surface area contributed by atoms with E-state index in [2.05, 4.69) is 15.9 Å². The molecule has 18 heavy (non-hydrogen) atoms. The summed E-state index contributed by atoms with van der Waals surface area (Å²) in [5.74, 6) is 0.0950. The molecule has 3 nitrogen and oxygen atoms in total. The number of hydrogen-bond acceptors (Lipinski definition) is 2. The normalized spacial score (nSPS) is 19.6. The molecule has 1 heterocycles. The monoisotopic (exact) mass is 311 g/mol. The average molecular weight is 312 g/mol. The van der Waals surface area contributed by atoms with Crippen molar-refractivity contribution < 1.29 is 9.53 Å². The van der Waals surface area contributed by atoms with Crippen LogP contribution in [-0.2, 0) is 16.1 Å². The first-order chi connectivity index (χ1) is 8.66. The first kappa shape index (κ1) is 13.6. The maximum atomic E-state index is 12.2. The van der Waals surface area contributed by atoms with Crippen LogP contribution in [0.4, 0.5) is 0 Å². The number of carbonyl (C=O) groups excluding carboxylic acids is 1. The average Bonchev–Trinajstić information content (AvgIpc) is 2.41. The van der Waals surface area contributed by atoms with Crippen LogP contribution in [0, 0.1) is 0 Å². The lowest BCUT2D eigenvalue weighted by Crippen LogP contribution is -2.39. The Morgan fingerprint density at radius 2 is 2.11 bits per heavy atom. The minimum Gasteiger partial charge on any atom is -0.368 e. The Morgan fingerprint density at radius 3 is 2.72 bits per heavy atom. The minimum atomic E-state index is -0.237. The molecule has 1 saturated heterocycles. The largest absolute Gasteiger partial charge is 0.368 e. The van der Waals surface area contributed by atoms with Gasteiger partial charge in [-0.05, 0) is 37.0 Å².